The van der Waals surface area contributed by atoms with Crippen molar-refractivity contribution in [3.05, 3.63) is 71.7 Å². The molecule has 2 aromatic rings. The van der Waals surface area contributed by atoms with E-state index in [9.17, 15) is 19.5 Å². The van der Waals surface area contributed by atoms with Crippen LogP contribution in [0.4, 0.5) is 0 Å². The summed E-state index contributed by atoms with van der Waals surface area (Å²) in [5, 5.41) is 14.1. The first-order valence-electron chi connectivity index (χ1n) is 12.5. The highest BCUT2D eigenvalue weighted by Gasteiger charge is 2.70. The minimum absolute atomic E-state index is 0.0143. The number of aliphatic hydroxyl groups is 1. The summed E-state index contributed by atoms with van der Waals surface area (Å²) in [5.74, 6) is -2.80. The van der Waals surface area contributed by atoms with E-state index in [0.717, 1.165) is 23.6 Å². The van der Waals surface area contributed by atoms with Crippen molar-refractivity contribution in [2.45, 2.75) is 57.3 Å². The van der Waals surface area contributed by atoms with Crippen LogP contribution in [-0.2, 0) is 23.8 Å². The molecular weight excluding hydrogens is 460 g/mol. The number of benzene rings is 2. The molecule has 186 valence electrons. The number of carbonyl (C=O) groups is 3. The van der Waals surface area contributed by atoms with Gasteiger partial charge in [0.25, 0.3) is 0 Å². The van der Waals surface area contributed by atoms with Crippen molar-refractivity contribution in [2.24, 2.45) is 17.3 Å². The van der Waals surface area contributed by atoms with E-state index < -0.39 is 52.8 Å². The summed E-state index contributed by atoms with van der Waals surface area (Å²) in [5.41, 5.74) is -2.39. The van der Waals surface area contributed by atoms with Crippen molar-refractivity contribution >= 4 is 28.5 Å². The van der Waals surface area contributed by atoms with Crippen molar-refractivity contribution in [3.63, 3.8) is 0 Å². The Morgan fingerprint density at radius 2 is 1.89 bits per heavy atom. The van der Waals surface area contributed by atoms with Gasteiger partial charge in [-0.05, 0) is 35.7 Å². The first-order chi connectivity index (χ1) is 17.2. The van der Waals surface area contributed by atoms with Crippen molar-refractivity contribution in [2.75, 3.05) is 0 Å². The van der Waals surface area contributed by atoms with Crippen LogP contribution in [0.1, 0.15) is 49.9 Å². The van der Waals surface area contributed by atoms with Crippen LogP contribution < -0.4 is 0 Å². The zero-order valence-corrected chi connectivity index (χ0v) is 20.3. The number of carbonyl (C=O) groups excluding carboxylic acids is 3. The van der Waals surface area contributed by atoms with E-state index in [0.29, 0.717) is 18.4 Å². The van der Waals surface area contributed by atoms with Crippen LogP contribution in [0.2, 0.25) is 0 Å². The first-order valence-corrected chi connectivity index (χ1v) is 12.5. The second-order valence-electron chi connectivity index (χ2n) is 10.7. The number of hydrogen-bond donors (Lipinski definition) is 1. The van der Waals surface area contributed by atoms with Crippen LogP contribution in [0.25, 0.3) is 10.8 Å². The molecule has 4 aliphatic rings. The molecule has 0 aromatic heterocycles. The van der Waals surface area contributed by atoms with Gasteiger partial charge >= 0.3 is 11.9 Å². The molecule has 0 saturated heterocycles. The average Bonchev–Trinajstić information content (AvgIpc) is 3.12. The van der Waals surface area contributed by atoms with E-state index in [1.165, 1.54) is 0 Å². The fourth-order valence-corrected chi connectivity index (χ4v) is 6.91. The molecule has 1 N–H and O–H groups in total. The highest BCUT2D eigenvalue weighted by molar-refractivity contribution is 6.22. The van der Waals surface area contributed by atoms with Crippen LogP contribution >= 0.6 is 0 Å². The summed E-state index contributed by atoms with van der Waals surface area (Å²) in [7, 11) is 0. The third-order valence-electron chi connectivity index (χ3n) is 8.97. The molecule has 2 saturated carbocycles. The minimum Gasteiger partial charge on any atom is -0.481 e. The Kier molecular flexibility index (Phi) is 4.96. The van der Waals surface area contributed by atoms with Crippen LogP contribution in [0.3, 0.4) is 0 Å². The molecule has 2 heterocycles. The SMILES string of the molecule is C=C1OC(=O)C2=C1OC1C(OC(=O)c3ccc4ccccc4c3)C3(O)CCCCC3C(C)(C2=O)C1C. The average molecular weight is 489 g/mol. The number of ketones is 1. The Balaban J connectivity index is 1.45. The van der Waals surface area contributed by atoms with Crippen LogP contribution in [0.5, 0.6) is 0 Å². The van der Waals surface area contributed by atoms with E-state index in [1.54, 1.807) is 19.1 Å². The van der Waals surface area contributed by atoms with E-state index in [-0.39, 0.29) is 17.1 Å². The lowest BCUT2D eigenvalue weighted by Gasteiger charge is -2.59. The molecule has 6 unspecified atom stereocenters. The Bertz CT molecular complexity index is 1370. The number of fused-ring (bicyclic) bond motifs is 5. The molecule has 6 atom stereocenters. The molecule has 2 fully saturated rings. The summed E-state index contributed by atoms with van der Waals surface area (Å²) in [6.45, 7) is 7.41. The van der Waals surface area contributed by atoms with Gasteiger partial charge in [0.1, 0.15) is 17.3 Å². The molecule has 7 nitrogen and oxygen atoms in total. The molecule has 7 heteroatoms. The standard InChI is InChI=1S/C29H28O7/c1-15-22-25(36-26(31)19-12-11-17-8-4-5-9-18(17)14-19)29(33)13-7-6-10-20(29)28(15,3)24(30)21-23(35-22)16(2)34-27(21)32/h4-5,8-9,11-12,14-15,20,22,25,33H,2,6-7,10,13H2,1,3H3. The predicted octanol–water partition coefficient (Wildman–Crippen LogP) is 4.24. The topological polar surface area (TPSA) is 99.1 Å². The van der Waals surface area contributed by atoms with Gasteiger partial charge in [-0.25, -0.2) is 9.59 Å². The van der Waals surface area contributed by atoms with Gasteiger partial charge in [0.05, 0.1) is 5.56 Å². The zero-order chi connectivity index (χ0) is 25.4. The van der Waals surface area contributed by atoms with Crippen LogP contribution in [-0.4, -0.2) is 40.6 Å². The molecule has 2 aliphatic heterocycles. The molecule has 0 spiro atoms. The van der Waals surface area contributed by atoms with Gasteiger partial charge in [0.2, 0.25) is 0 Å². The van der Waals surface area contributed by atoms with Gasteiger partial charge in [0, 0.05) is 17.3 Å². The number of rotatable bonds is 2. The Hall–Kier alpha value is -3.45. The summed E-state index contributed by atoms with van der Waals surface area (Å²) in [6, 6.07) is 13.0. The second kappa shape index (κ2) is 7.77. The number of hydrogen-bond acceptors (Lipinski definition) is 7. The molecule has 0 radical (unpaired) electrons. The van der Waals surface area contributed by atoms with E-state index >= 15 is 0 Å². The highest BCUT2D eigenvalue weighted by atomic mass is 16.6. The number of ether oxygens (including phenoxy) is 3. The Morgan fingerprint density at radius 3 is 2.67 bits per heavy atom. The molecule has 2 bridgehead atoms. The molecular formula is C29H28O7. The van der Waals surface area contributed by atoms with Gasteiger partial charge in [-0.2, -0.15) is 0 Å². The molecule has 2 aromatic carbocycles. The normalized spacial score (nSPS) is 35.5. The van der Waals surface area contributed by atoms with Crippen LogP contribution in [0.15, 0.2) is 66.1 Å². The van der Waals surface area contributed by atoms with E-state index in [4.69, 9.17) is 14.2 Å². The fourth-order valence-electron chi connectivity index (χ4n) is 6.91. The van der Waals surface area contributed by atoms with E-state index in [1.807, 2.05) is 37.3 Å². The van der Waals surface area contributed by atoms with E-state index in [2.05, 4.69) is 6.58 Å². The van der Waals surface area contributed by atoms with Gasteiger partial charge in [-0.1, -0.05) is 63.6 Å². The maximum atomic E-state index is 13.9. The van der Waals surface area contributed by atoms with Gasteiger partial charge < -0.3 is 19.3 Å². The lowest BCUT2D eigenvalue weighted by atomic mass is 9.48. The highest BCUT2D eigenvalue weighted by Crippen LogP contribution is 2.60. The fraction of sp³-hybridized carbons (Fsp3) is 0.414. The maximum absolute atomic E-state index is 13.9. The third kappa shape index (κ3) is 2.98. The largest absolute Gasteiger partial charge is 0.481 e. The molecule has 2 aliphatic carbocycles. The quantitative estimate of drug-likeness (QED) is 0.499. The Morgan fingerprint density at radius 1 is 1.14 bits per heavy atom. The monoisotopic (exact) mass is 488 g/mol. The molecule has 36 heavy (non-hydrogen) atoms. The predicted molar refractivity (Wildman–Crippen MR) is 129 cm³/mol. The molecule has 0 amide bonds. The number of cyclic esters (lactones) is 1. The first kappa shape index (κ1) is 23.0. The minimum atomic E-state index is -1.49. The van der Waals surface area contributed by atoms with Gasteiger partial charge in [-0.3, -0.25) is 4.79 Å². The summed E-state index contributed by atoms with van der Waals surface area (Å²) in [4.78, 5) is 40.0. The molecule has 6 rings (SSSR count). The summed E-state index contributed by atoms with van der Waals surface area (Å²) < 4.78 is 17.5. The number of Topliss-reactive ketones (excluding diaryl/α,β-unsaturated/α-hetero) is 1. The van der Waals surface area contributed by atoms with Crippen molar-refractivity contribution in [1.82, 2.24) is 0 Å². The van der Waals surface area contributed by atoms with Crippen molar-refractivity contribution in [1.29, 1.82) is 0 Å². The summed E-state index contributed by atoms with van der Waals surface area (Å²) >= 11 is 0. The second-order valence-corrected chi connectivity index (χ2v) is 10.7. The lowest BCUT2D eigenvalue weighted by molar-refractivity contribution is -0.247. The van der Waals surface area contributed by atoms with Gasteiger partial charge in [-0.15, -0.1) is 0 Å². The smallest absolute Gasteiger partial charge is 0.351 e. The van der Waals surface area contributed by atoms with Crippen molar-refractivity contribution < 1.29 is 33.7 Å². The maximum Gasteiger partial charge on any atom is 0.351 e. The zero-order valence-electron chi connectivity index (χ0n) is 20.3. The van der Waals surface area contributed by atoms with Gasteiger partial charge in [0.15, 0.2) is 23.4 Å². The Labute approximate surface area is 208 Å². The number of esters is 2. The van der Waals surface area contributed by atoms with Crippen LogP contribution in [0, 0.1) is 17.3 Å². The van der Waals surface area contributed by atoms with Crippen molar-refractivity contribution in [3.8, 4) is 0 Å². The lowest BCUT2D eigenvalue weighted by Crippen LogP contribution is -2.70. The third-order valence-corrected chi connectivity index (χ3v) is 8.97. The summed E-state index contributed by atoms with van der Waals surface area (Å²) in [6.07, 6.45) is 0.554.